The smallest absolute Gasteiger partial charge is 0.146 e. The first-order chi connectivity index (χ1) is 9.95. The van der Waals surface area contributed by atoms with Crippen molar-refractivity contribution < 1.29 is 9.13 Å². The van der Waals surface area contributed by atoms with E-state index < -0.39 is 0 Å². The van der Waals surface area contributed by atoms with Crippen molar-refractivity contribution in [2.45, 2.75) is 26.4 Å². The largest absolute Gasteiger partial charge is 0.456 e. The molecule has 21 heavy (non-hydrogen) atoms. The van der Waals surface area contributed by atoms with E-state index in [4.69, 9.17) is 16.3 Å². The average molecular weight is 373 g/mol. The van der Waals surface area contributed by atoms with E-state index in [1.807, 2.05) is 18.2 Å². The van der Waals surface area contributed by atoms with Crippen LogP contribution < -0.4 is 10.1 Å². The molecule has 0 bridgehead atoms. The first-order valence-electron chi connectivity index (χ1n) is 6.60. The second-order valence-electron chi connectivity index (χ2n) is 4.97. The number of nitrogens with one attached hydrogen (secondary N) is 1. The monoisotopic (exact) mass is 371 g/mol. The maximum Gasteiger partial charge on any atom is 0.146 e. The average Bonchev–Trinajstić information content (AvgIpc) is 2.41. The molecule has 2 aromatic rings. The summed E-state index contributed by atoms with van der Waals surface area (Å²) in [5.41, 5.74) is 1.14. The van der Waals surface area contributed by atoms with Gasteiger partial charge >= 0.3 is 0 Å². The maximum absolute atomic E-state index is 13.0. The summed E-state index contributed by atoms with van der Waals surface area (Å²) in [6.45, 7) is 4.97. The fourth-order valence-corrected chi connectivity index (χ4v) is 2.44. The van der Waals surface area contributed by atoms with Crippen LogP contribution in [0.2, 0.25) is 5.02 Å². The van der Waals surface area contributed by atoms with Crippen molar-refractivity contribution in [3.63, 3.8) is 0 Å². The lowest BCUT2D eigenvalue weighted by atomic mass is 10.2. The van der Waals surface area contributed by atoms with Gasteiger partial charge < -0.3 is 10.1 Å². The van der Waals surface area contributed by atoms with Crippen molar-refractivity contribution in [1.29, 1.82) is 0 Å². The molecule has 0 spiro atoms. The highest BCUT2D eigenvalue weighted by Gasteiger charge is 2.07. The highest BCUT2D eigenvalue weighted by atomic mass is 79.9. The molecular formula is C16H16BrClFNO. The van der Waals surface area contributed by atoms with Gasteiger partial charge in [-0.1, -0.05) is 47.4 Å². The molecule has 5 heteroatoms. The van der Waals surface area contributed by atoms with Crippen LogP contribution in [0.25, 0.3) is 0 Å². The van der Waals surface area contributed by atoms with Gasteiger partial charge in [-0.15, -0.1) is 0 Å². The van der Waals surface area contributed by atoms with Crippen molar-refractivity contribution in [2.75, 3.05) is 0 Å². The Morgan fingerprint density at radius 1 is 1.24 bits per heavy atom. The van der Waals surface area contributed by atoms with Crippen molar-refractivity contribution in [3.8, 4) is 11.5 Å². The number of rotatable bonds is 5. The molecule has 0 saturated heterocycles. The molecule has 112 valence electrons. The van der Waals surface area contributed by atoms with E-state index in [-0.39, 0.29) is 10.8 Å². The minimum Gasteiger partial charge on any atom is -0.456 e. The fourth-order valence-electron chi connectivity index (χ4n) is 1.73. The van der Waals surface area contributed by atoms with Crippen LogP contribution >= 0.6 is 27.5 Å². The Labute approximate surface area is 137 Å². The van der Waals surface area contributed by atoms with Gasteiger partial charge in [0.15, 0.2) is 0 Å². The van der Waals surface area contributed by atoms with Gasteiger partial charge in [0, 0.05) is 17.1 Å². The summed E-state index contributed by atoms with van der Waals surface area (Å²) in [6.07, 6.45) is 0. The Balaban J connectivity index is 2.12. The molecule has 0 amide bonds. The number of ether oxygens (including phenoxy) is 1. The summed E-state index contributed by atoms with van der Waals surface area (Å²) in [5, 5.41) is 3.60. The number of benzene rings is 2. The summed E-state index contributed by atoms with van der Waals surface area (Å²) in [5.74, 6) is 0.686. The minimum atomic E-state index is -0.386. The molecule has 2 rings (SSSR count). The van der Waals surface area contributed by atoms with E-state index >= 15 is 0 Å². The molecular weight excluding hydrogens is 357 g/mol. The van der Waals surface area contributed by atoms with Crippen molar-refractivity contribution in [2.24, 2.45) is 0 Å². The molecule has 0 unspecified atom stereocenters. The normalized spacial score (nSPS) is 11.0. The summed E-state index contributed by atoms with van der Waals surface area (Å²) in [4.78, 5) is 0. The predicted molar refractivity (Wildman–Crippen MR) is 87.6 cm³/mol. The van der Waals surface area contributed by atoms with E-state index in [0.29, 0.717) is 17.5 Å². The molecule has 2 nitrogen and oxygen atoms in total. The van der Waals surface area contributed by atoms with Crippen LogP contribution in [0.1, 0.15) is 19.4 Å². The van der Waals surface area contributed by atoms with Crippen LogP contribution in [0.4, 0.5) is 4.39 Å². The lowest BCUT2D eigenvalue weighted by Crippen LogP contribution is -2.21. The summed E-state index contributed by atoms with van der Waals surface area (Å²) < 4.78 is 19.6. The SMILES string of the molecule is CC(C)NCc1ccc(Oc2ccc(F)cc2Cl)cc1Br. The Morgan fingerprint density at radius 2 is 2.00 bits per heavy atom. The molecule has 0 atom stereocenters. The van der Waals surface area contributed by atoms with Gasteiger partial charge in [0.25, 0.3) is 0 Å². The molecule has 1 N–H and O–H groups in total. The van der Waals surface area contributed by atoms with Gasteiger partial charge in [-0.25, -0.2) is 4.39 Å². The molecule has 0 fully saturated rings. The quantitative estimate of drug-likeness (QED) is 0.745. The van der Waals surface area contributed by atoms with Gasteiger partial charge in [-0.3, -0.25) is 0 Å². The van der Waals surface area contributed by atoms with Crippen LogP contribution in [0.5, 0.6) is 11.5 Å². The van der Waals surface area contributed by atoms with E-state index in [2.05, 4.69) is 35.1 Å². The first-order valence-corrected chi connectivity index (χ1v) is 7.77. The molecule has 0 aliphatic heterocycles. The lowest BCUT2D eigenvalue weighted by Gasteiger charge is -2.12. The third-order valence-electron chi connectivity index (χ3n) is 2.85. The second-order valence-corrected chi connectivity index (χ2v) is 6.23. The molecule has 0 aromatic heterocycles. The summed E-state index contributed by atoms with van der Waals surface area (Å²) >= 11 is 9.48. The van der Waals surface area contributed by atoms with Gasteiger partial charge in [-0.2, -0.15) is 0 Å². The van der Waals surface area contributed by atoms with Gasteiger partial charge in [0.1, 0.15) is 17.3 Å². The Kier molecular flexibility index (Phi) is 5.62. The Morgan fingerprint density at radius 3 is 2.62 bits per heavy atom. The Hall–Kier alpha value is -1.10. The molecule has 0 aliphatic carbocycles. The molecule has 0 radical (unpaired) electrons. The Bertz CT molecular complexity index is 634. The minimum absolute atomic E-state index is 0.247. The molecule has 0 saturated carbocycles. The van der Waals surface area contributed by atoms with Crippen LogP contribution in [0, 0.1) is 5.82 Å². The van der Waals surface area contributed by atoms with Gasteiger partial charge in [0.2, 0.25) is 0 Å². The molecule has 0 heterocycles. The zero-order valence-corrected chi connectivity index (χ0v) is 14.1. The first kappa shape index (κ1) is 16.3. The maximum atomic E-state index is 13.0. The standard InChI is InChI=1S/C16H16BrClFNO/c1-10(2)20-9-11-3-5-13(8-14(11)17)21-16-6-4-12(19)7-15(16)18/h3-8,10,20H,9H2,1-2H3. The molecule has 0 aliphatic rings. The highest BCUT2D eigenvalue weighted by molar-refractivity contribution is 9.10. The lowest BCUT2D eigenvalue weighted by molar-refractivity contribution is 0.480. The summed E-state index contributed by atoms with van der Waals surface area (Å²) in [7, 11) is 0. The van der Waals surface area contributed by atoms with Crippen molar-refractivity contribution in [1.82, 2.24) is 5.32 Å². The third-order valence-corrected chi connectivity index (χ3v) is 3.88. The van der Waals surface area contributed by atoms with E-state index in [0.717, 1.165) is 16.6 Å². The van der Waals surface area contributed by atoms with Crippen molar-refractivity contribution >= 4 is 27.5 Å². The van der Waals surface area contributed by atoms with Gasteiger partial charge in [-0.05, 0) is 35.9 Å². The molecule has 2 aromatic carbocycles. The van der Waals surface area contributed by atoms with Crippen LogP contribution in [0.3, 0.4) is 0 Å². The number of hydrogen-bond acceptors (Lipinski definition) is 2. The van der Waals surface area contributed by atoms with E-state index in [1.54, 1.807) is 0 Å². The van der Waals surface area contributed by atoms with Crippen LogP contribution in [-0.4, -0.2) is 6.04 Å². The van der Waals surface area contributed by atoms with Crippen molar-refractivity contribution in [3.05, 3.63) is 57.3 Å². The van der Waals surface area contributed by atoms with E-state index in [1.165, 1.54) is 18.2 Å². The topological polar surface area (TPSA) is 21.3 Å². The number of halogens is 3. The highest BCUT2D eigenvalue weighted by Crippen LogP contribution is 2.32. The van der Waals surface area contributed by atoms with Crippen LogP contribution in [-0.2, 0) is 6.54 Å². The number of hydrogen-bond donors (Lipinski definition) is 1. The zero-order chi connectivity index (χ0) is 15.4. The zero-order valence-electron chi connectivity index (χ0n) is 11.8. The van der Waals surface area contributed by atoms with Crippen LogP contribution in [0.15, 0.2) is 40.9 Å². The summed E-state index contributed by atoms with van der Waals surface area (Å²) in [6, 6.07) is 10.2. The van der Waals surface area contributed by atoms with Gasteiger partial charge in [0.05, 0.1) is 5.02 Å². The van der Waals surface area contributed by atoms with E-state index in [9.17, 15) is 4.39 Å². The fraction of sp³-hybridized carbons (Fsp3) is 0.250. The predicted octanol–water partition coefficient (Wildman–Crippen LogP) is 5.53. The second kappa shape index (κ2) is 7.25. The third kappa shape index (κ3) is 4.70.